The van der Waals surface area contributed by atoms with Crippen LogP contribution in [-0.2, 0) is 6.54 Å². The van der Waals surface area contributed by atoms with Crippen molar-refractivity contribution in [3.63, 3.8) is 0 Å². The average Bonchev–Trinajstić information content (AvgIpc) is 2.45. The fourth-order valence-electron chi connectivity index (χ4n) is 3.03. The van der Waals surface area contributed by atoms with Gasteiger partial charge in [0.2, 0.25) is 0 Å². The second kappa shape index (κ2) is 9.94. The zero-order valence-electron chi connectivity index (χ0n) is 13.5. The predicted octanol–water partition coefficient (Wildman–Crippen LogP) is 6.20. The minimum Gasteiger partial charge on any atom is -0.492 e. The van der Waals surface area contributed by atoms with Crippen molar-refractivity contribution in [1.82, 2.24) is 5.32 Å². The smallest absolute Gasteiger partial charge is 0.138 e. The summed E-state index contributed by atoms with van der Waals surface area (Å²) in [5.41, 5.74) is 1.23. The molecule has 0 unspecified atom stereocenters. The van der Waals surface area contributed by atoms with Crippen LogP contribution < -0.4 is 10.1 Å². The van der Waals surface area contributed by atoms with Gasteiger partial charge in [0.05, 0.1) is 11.1 Å². The van der Waals surface area contributed by atoms with Crippen molar-refractivity contribution in [2.24, 2.45) is 0 Å². The lowest BCUT2D eigenvalue weighted by Gasteiger charge is -2.22. The van der Waals surface area contributed by atoms with Crippen LogP contribution in [0, 0.1) is 0 Å². The molecule has 124 valence electrons. The first kappa shape index (κ1) is 18.3. The molecule has 1 saturated carbocycles. The van der Waals surface area contributed by atoms with E-state index < -0.39 is 0 Å². The molecule has 1 fully saturated rings. The molecule has 0 aromatic heterocycles. The third kappa shape index (κ3) is 5.86. The molecule has 0 bridgehead atoms. The molecule has 2 rings (SSSR count). The molecular weight excluding hydrogens is 406 g/mol. The summed E-state index contributed by atoms with van der Waals surface area (Å²) in [4.78, 5) is 0. The van der Waals surface area contributed by atoms with Crippen molar-refractivity contribution in [3.05, 3.63) is 26.6 Å². The maximum Gasteiger partial charge on any atom is 0.138 e. The van der Waals surface area contributed by atoms with Crippen LogP contribution in [0.5, 0.6) is 5.75 Å². The Balaban J connectivity index is 2.00. The first-order valence-electron chi connectivity index (χ1n) is 8.54. The first-order valence-corrected chi connectivity index (χ1v) is 10.1. The van der Waals surface area contributed by atoms with Crippen LogP contribution in [0.1, 0.15) is 63.9 Å². The van der Waals surface area contributed by atoms with Crippen LogP contribution in [0.2, 0.25) is 0 Å². The second-order valence-electron chi connectivity index (χ2n) is 6.15. The quantitative estimate of drug-likeness (QED) is 0.577. The zero-order valence-corrected chi connectivity index (χ0v) is 16.6. The number of benzene rings is 1. The summed E-state index contributed by atoms with van der Waals surface area (Å²) in [7, 11) is 0. The Labute approximate surface area is 151 Å². The van der Waals surface area contributed by atoms with E-state index in [9.17, 15) is 0 Å². The number of nitrogens with one attached hydrogen (secondary N) is 1. The van der Waals surface area contributed by atoms with Gasteiger partial charge in [0, 0.05) is 22.6 Å². The van der Waals surface area contributed by atoms with Gasteiger partial charge in [0.15, 0.2) is 0 Å². The van der Waals surface area contributed by atoms with Gasteiger partial charge in [-0.2, -0.15) is 0 Å². The molecular formula is C18H27Br2NO. The van der Waals surface area contributed by atoms with Gasteiger partial charge in [0.1, 0.15) is 5.75 Å². The Hall–Kier alpha value is -0.0600. The summed E-state index contributed by atoms with van der Waals surface area (Å²) in [6.45, 7) is 3.78. The van der Waals surface area contributed by atoms with Gasteiger partial charge in [-0.3, -0.25) is 0 Å². The molecule has 4 heteroatoms. The van der Waals surface area contributed by atoms with E-state index in [1.807, 2.05) is 0 Å². The molecule has 0 saturated heterocycles. The number of hydrogen-bond acceptors (Lipinski definition) is 2. The largest absolute Gasteiger partial charge is 0.492 e. The summed E-state index contributed by atoms with van der Waals surface area (Å²) in [5, 5.41) is 3.76. The van der Waals surface area contributed by atoms with Crippen LogP contribution in [-0.4, -0.2) is 12.6 Å². The molecule has 1 aliphatic carbocycles. The van der Waals surface area contributed by atoms with Crippen LogP contribution >= 0.6 is 31.9 Å². The van der Waals surface area contributed by atoms with E-state index >= 15 is 0 Å². The molecule has 1 aliphatic rings. The zero-order chi connectivity index (χ0) is 15.8. The highest BCUT2D eigenvalue weighted by molar-refractivity contribution is 9.11. The molecule has 0 spiro atoms. The predicted molar refractivity (Wildman–Crippen MR) is 101 cm³/mol. The van der Waals surface area contributed by atoms with Gasteiger partial charge < -0.3 is 10.1 Å². The number of ether oxygens (including phenoxy) is 1. The van der Waals surface area contributed by atoms with Crippen LogP contribution in [0.3, 0.4) is 0 Å². The van der Waals surface area contributed by atoms with Crippen LogP contribution in [0.15, 0.2) is 21.1 Å². The van der Waals surface area contributed by atoms with Crippen molar-refractivity contribution >= 4 is 31.9 Å². The highest BCUT2D eigenvalue weighted by atomic mass is 79.9. The maximum absolute atomic E-state index is 5.95. The molecule has 1 N–H and O–H groups in total. The number of rotatable bonds is 6. The summed E-state index contributed by atoms with van der Waals surface area (Å²) < 4.78 is 8.08. The monoisotopic (exact) mass is 431 g/mol. The lowest BCUT2D eigenvalue weighted by atomic mass is 9.96. The van der Waals surface area contributed by atoms with Crippen LogP contribution in [0.25, 0.3) is 0 Å². The molecule has 22 heavy (non-hydrogen) atoms. The summed E-state index contributed by atoms with van der Waals surface area (Å²) in [6.07, 6.45) is 10.6. The van der Waals surface area contributed by atoms with E-state index in [4.69, 9.17) is 4.74 Å². The highest BCUT2D eigenvalue weighted by Crippen LogP contribution is 2.33. The molecule has 1 aromatic carbocycles. The average molecular weight is 433 g/mol. The van der Waals surface area contributed by atoms with E-state index in [2.05, 4.69) is 56.2 Å². The van der Waals surface area contributed by atoms with E-state index in [0.717, 1.165) is 34.3 Å². The standard InChI is InChI=1S/C18H27Br2NO/c1-2-10-22-18-14(11-15(19)12-17(18)20)13-21-16-8-6-4-3-5-7-9-16/h11-12,16,21H,2-10,13H2,1H3. The van der Waals surface area contributed by atoms with Crippen molar-refractivity contribution in [1.29, 1.82) is 0 Å². The Bertz CT molecular complexity index is 457. The van der Waals surface area contributed by atoms with E-state index in [1.54, 1.807) is 0 Å². The van der Waals surface area contributed by atoms with Gasteiger partial charge in [-0.05, 0) is 47.3 Å². The maximum atomic E-state index is 5.95. The van der Waals surface area contributed by atoms with Crippen molar-refractivity contribution in [3.8, 4) is 5.75 Å². The van der Waals surface area contributed by atoms with Crippen LogP contribution in [0.4, 0.5) is 0 Å². The first-order chi connectivity index (χ1) is 10.7. The fourth-order valence-corrected chi connectivity index (χ4v) is 4.45. The third-order valence-electron chi connectivity index (χ3n) is 4.22. The van der Waals surface area contributed by atoms with Gasteiger partial charge in [-0.15, -0.1) is 0 Å². The Morgan fingerprint density at radius 3 is 2.45 bits per heavy atom. The SMILES string of the molecule is CCCOc1c(Br)cc(Br)cc1CNC1CCCCCCC1. The van der Waals surface area contributed by atoms with Gasteiger partial charge in [0.25, 0.3) is 0 Å². The molecule has 0 atom stereocenters. The lowest BCUT2D eigenvalue weighted by molar-refractivity contribution is 0.309. The van der Waals surface area contributed by atoms with E-state index in [-0.39, 0.29) is 0 Å². The molecule has 2 nitrogen and oxygen atoms in total. The molecule has 1 aromatic rings. The Kier molecular flexibility index (Phi) is 8.26. The third-order valence-corrected chi connectivity index (χ3v) is 5.27. The van der Waals surface area contributed by atoms with Crippen molar-refractivity contribution in [2.45, 2.75) is 70.9 Å². The Morgan fingerprint density at radius 2 is 1.77 bits per heavy atom. The molecule has 0 aliphatic heterocycles. The minimum atomic E-state index is 0.650. The summed E-state index contributed by atoms with van der Waals surface area (Å²) in [5.74, 6) is 0.989. The summed E-state index contributed by atoms with van der Waals surface area (Å²) in [6, 6.07) is 4.88. The lowest BCUT2D eigenvalue weighted by Crippen LogP contribution is -2.29. The van der Waals surface area contributed by atoms with Crippen molar-refractivity contribution < 1.29 is 4.74 Å². The van der Waals surface area contributed by atoms with E-state index in [0.29, 0.717) is 6.04 Å². The van der Waals surface area contributed by atoms with E-state index in [1.165, 1.54) is 50.5 Å². The topological polar surface area (TPSA) is 21.3 Å². The number of hydrogen-bond donors (Lipinski definition) is 1. The van der Waals surface area contributed by atoms with Gasteiger partial charge >= 0.3 is 0 Å². The van der Waals surface area contributed by atoms with Gasteiger partial charge in [-0.1, -0.05) is 55.0 Å². The number of halogens is 2. The molecule has 0 amide bonds. The second-order valence-corrected chi connectivity index (χ2v) is 7.92. The minimum absolute atomic E-state index is 0.650. The normalized spacial score (nSPS) is 17.0. The Morgan fingerprint density at radius 1 is 1.09 bits per heavy atom. The fraction of sp³-hybridized carbons (Fsp3) is 0.667. The van der Waals surface area contributed by atoms with Crippen molar-refractivity contribution in [2.75, 3.05) is 6.61 Å². The van der Waals surface area contributed by atoms with Gasteiger partial charge in [-0.25, -0.2) is 0 Å². The molecule has 0 radical (unpaired) electrons. The highest BCUT2D eigenvalue weighted by Gasteiger charge is 2.14. The summed E-state index contributed by atoms with van der Waals surface area (Å²) >= 11 is 7.23. The molecule has 0 heterocycles.